The largest absolute Gasteiger partial charge is 0.354 e. The second-order valence-electron chi connectivity index (χ2n) is 5.92. The van der Waals surface area contributed by atoms with Crippen LogP contribution < -0.4 is 5.32 Å². The Morgan fingerprint density at radius 3 is 2.56 bits per heavy atom. The molecule has 1 saturated heterocycles. The van der Waals surface area contributed by atoms with Crippen LogP contribution in [0.4, 0.5) is 0 Å². The molecule has 0 bridgehead atoms. The summed E-state index contributed by atoms with van der Waals surface area (Å²) in [7, 11) is -3.15. The Hall–Kier alpha value is -0.620. The molecular formula is C12H20N2O3S. The lowest BCUT2D eigenvalue weighted by atomic mass is 10.0. The Bertz CT molecular complexity index is 452. The number of nitrogens with one attached hydrogen (secondary N) is 1. The standard InChI is InChI=1S/C12H20N2O3S/c15-11(8-14-6-1-7-18(14,16)17)13-9-12(4-5-12)10-2-3-10/h10H,1-9H2,(H,13,15). The van der Waals surface area contributed by atoms with E-state index in [2.05, 4.69) is 5.32 Å². The molecule has 5 nitrogen and oxygen atoms in total. The third-order valence-corrected chi connectivity index (χ3v) is 6.40. The summed E-state index contributed by atoms with van der Waals surface area (Å²) in [5.74, 6) is 0.854. The molecule has 6 heteroatoms. The van der Waals surface area contributed by atoms with Crippen LogP contribution in [0, 0.1) is 11.3 Å². The van der Waals surface area contributed by atoms with Crippen molar-refractivity contribution >= 4 is 15.9 Å². The van der Waals surface area contributed by atoms with Gasteiger partial charge in [0.15, 0.2) is 0 Å². The normalized spacial score (nSPS) is 29.1. The number of rotatable bonds is 5. The molecule has 18 heavy (non-hydrogen) atoms. The molecule has 2 saturated carbocycles. The topological polar surface area (TPSA) is 66.5 Å². The summed E-state index contributed by atoms with van der Waals surface area (Å²) in [5, 5.41) is 2.93. The maximum absolute atomic E-state index is 11.8. The molecule has 3 fully saturated rings. The molecule has 1 amide bonds. The van der Waals surface area contributed by atoms with E-state index in [1.54, 1.807) is 0 Å². The minimum absolute atomic E-state index is 0.00306. The van der Waals surface area contributed by atoms with Crippen LogP contribution in [0.1, 0.15) is 32.1 Å². The van der Waals surface area contributed by atoms with E-state index in [0.29, 0.717) is 18.4 Å². The van der Waals surface area contributed by atoms with E-state index in [1.807, 2.05) is 0 Å². The van der Waals surface area contributed by atoms with Crippen LogP contribution in [-0.4, -0.2) is 44.0 Å². The molecule has 3 aliphatic rings. The van der Waals surface area contributed by atoms with E-state index in [1.165, 1.54) is 30.0 Å². The van der Waals surface area contributed by atoms with Crippen molar-refractivity contribution < 1.29 is 13.2 Å². The summed E-state index contributed by atoms with van der Waals surface area (Å²) in [6, 6.07) is 0. The molecule has 1 aliphatic heterocycles. The zero-order chi connectivity index (χ0) is 12.8. The van der Waals surface area contributed by atoms with Gasteiger partial charge in [-0.15, -0.1) is 0 Å². The lowest BCUT2D eigenvalue weighted by molar-refractivity contribution is -0.121. The number of carbonyl (C=O) groups excluding carboxylic acids is 1. The summed E-state index contributed by atoms with van der Waals surface area (Å²) in [4.78, 5) is 11.8. The minimum Gasteiger partial charge on any atom is -0.354 e. The molecule has 2 aliphatic carbocycles. The predicted molar refractivity (Wildman–Crippen MR) is 67.4 cm³/mol. The van der Waals surface area contributed by atoms with E-state index in [0.717, 1.165) is 12.5 Å². The maximum atomic E-state index is 11.8. The molecule has 0 radical (unpaired) electrons. The van der Waals surface area contributed by atoms with Crippen molar-refractivity contribution in [2.24, 2.45) is 11.3 Å². The average Bonchev–Trinajstić information content (AvgIpc) is 3.17. The van der Waals surface area contributed by atoms with E-state index in [-0.39, 0.29) is 18.2 Å². The van der Waals surface area contributed by atoms with Crippen LogP contribution in [0.5, 0.6) is 0 Å². The number of hydrogen-bond donors (Lipinski definition) is 1. The van der Waals surface area contributed by atoms with Gasteiger partial charge in [0.25, 0.3) is 0 Å². The Balaban J connectivity index is 1.47. The van der Waals surface area contributed by atoms with Gasteiger partial charge in [0.1, 0.15) is 0 Å². The summed E-state index contributed by atoms with van der Waals surface area (Å²) < 4.78 is 24.5. The third-order valence-electron chi connectivity index (χ3n) is 4.50. The predicted octanol–water partition coefficient (Wildman–Crippen LogP) is 0.328. The summed E-state index contributed by atoms with van der Waals surface area (Å²) in [5.41, 5.74) is 0.375. The van der Waals surface area contributed by atoms with Gasteiger partial charge in [-0.05, 0) is 43.4 Å². The zero-order valence-corrected chi connectivity index (χ0v) is 11.3. The SMILES string of the molecule is O=C(CN1CCCS1(=O)=O)NCC1(C2CC2)CC1. The fourth-order valence-corrected chi connectivity index (χ4v) is 4.42. The molecule has 1 N–H and O–H groups in total. The number of nitrogens with zero attached hydrogens (tertiary/aromatic N) is 1. The molecule has 0 atom stereocenters. The molecule has 0 aromatic rings. The molecule has 1 heterocycles. The smallest absolute Gasteiger partial charge is 0.235 e. The highest BCUT2D eigenvalue weighted by molar-refractivity contribution is 7.89. The van der Waals surface area contributed by atoms with Gasteiger partial charge in [-0.3, -0.25) is 4.79 Å². The first-order valence-electron chi connectivity index (χ1n) is 6.76. The van der Waals surface area contributed by atoms with Gasteiger partial charge in [-0.25, -0.2) is 8.42 Å². The quantitative estimate of drug-likeness (QED) is 0.784. The highest BCUT2D eigenvalue weighted by Gasteiger charge is 2.53. The van der Waals surface area contributed by atoms with E-state index < -0.39 is 10.0 Å². The van der Waals surface area contributed by atoms with Crippen molar-refractivity contribution in [1.29, 1.82) is 0 Å². The fourth-order valence-electron chi connectivity index (χ4n) is 2.95. The molecule has 102 valence electrons. The zero-order valence-electron chi connectivity index (χ0n) is 10.5. The van der Waals surface area contributed by atoms with Crippen LogP contribution in [-0.2, 0) is 14.8 Å². The number of amides is 1. The molecule has 0 aromatic heterocycles. The second kappa shape index (κ2) is 4.20. The van der Waals surface area contributed by atoms with Gasteiger partial charge >= 0.3 is 0 Å². The van der Waals surface area contributed by atoms with Crippen molar-refractivity contribution in [2.75, 3.05) is 25.4 Å². The highest BCUT2D eigenvalue weighted by atomic mass is 32.2. The van der Waals surface area contributed by atoms with Gasteiger partial charge in [-0.1, -0.05) is 0 Å². The maximum Gasteiger partial charge on any atom is 0.235 e. The van der Waals surface area contributed by atoms with Crippen LogP contribution in [0.3, 0.4) is 0 Å². The van der Waals surface area contributed by atoms with Gasteiger partial charge in [0.2, 0.25) is 15.9 Å². The van der Waals surface area contributed by atoms with Gasteiger partial charge in [0.05, 0.1) is 12.3 Å². The van der Waals surface area contributed by atoms with Crippen molar-refractivity contribution in [3.63, 3.8) is 0 Å². The molecule has 0 spiro atoms. The highest BCUT2D eigenvalue weighted by Crippen LogP contribution is 2.60. The van der Waals surface area contributed by atoms with Crippen molar-refractivity contribution in [2.45, 2.75) is 32.1 Å². The number of hydrogen-bond acceptors (Lipinski definition) is 3. The van der Waals surface area contributed by atoms with E-state index in [4.69, 9.17) is 0 Å². The lowest BCUT2D eigenvalue weighted by Crippen LogP contribution is -2.40. The summed E-state index contributed by atoms with van der Waals surface area (Å²) in [6.07, 6.45) is 5.69. The van der Waals surface area contributed by atoms with Gasteiger partial charge in [-0.2, -0.15) is 4.31 Å². The van der Waals surface area contributed by atoms with E-state index in [9.17, 15) is 13.2 Å². The second-order valence-corrected chi connectivity index (χ2v) is 8.00. The molecule has 3 rings (SSSR count). The molecular weight excluding hydrogens is 252 g/mol. The van der Waals surface area contributed by atoms with Gasteiger partial charge in [0, 0.05) is 13.1 Å². The first-order valence-corrected chi connectivity index (χ1v) is 8.37. The van der Waals surface area contributed by atoms with Crippen LogP contribution in [0.15, 0.2) is 0 Å². The monoisotopic (exact) mass is 272 g/mol. The Morgan fingerprint density at radius 2 is 2.06 bits per heavy atom. The van der Waals surface area contributed by atoms with Crippen LogP contribution in [0.2, 0.25) is 0 Å². The first kappa shape index (κ1) is 12.4. The molecule has 0 unspecified atom stereocenters. The van der Waals surface area contributed by atoms with E-state index >= 15 is 0 Å². The Morgan fingerprint density at radius 1 is 1.33 bits per heavy atom. The van der Waals surface area contributed by atoms with Crippen molar-refractivity contribution in [1.82, 2.24) is 9.62 Å². The first-order chi connectivity index (χ1) is 8.52. The third kappa shape index (κ3) is 2.40. The lowest BCUT2D eigenvalue weighted by Gasteiger charge is -2.17. The van der Waals surface area contributed by atoms with Crippen LogP contribution >= 0.6 is 0 Å². The number of carbonyl (C=O) groups is 1. The fraction of sp³-hybridized carbons (Fsp3) is 0.917. The van der Waals surface area contributed by atoms with Crippen molar-refractivity contribution in [3.05, 3.63) is 0 Å². The Kier molecular flexibility index (Phi) is 2.90. The Labute approximate surface area is 108 Å². The minimum atomic E-state index is -3.15. The summed E-state index contributed by atoms with van der Waals surface area (Å²) >= 11 is 0. The molecule has 0 aromatic carbocycles. The van der Waals surface area contributed by atoms with Crippen molar-refractivity contribution in [3.8, 4) is 0 Å². The summed E-state index contributed by atoms with van der Waals surface area (Å²) in [6.45, 7) is 1.23. The average molecular weight is 272 g/mol. The van der Waals surface area contributed by atoms with Gasteiger partial charge < -0.3 is 5.32 Å². The number of sulfonamides is 1. The van der Waals surface area contributed by atoms with Crippen LogP contribution in [0.25, 0.3) is 0 Å².